The lowest BCUT2D eigenvalue weighted by molar-refractivity contribution is -0.149. The van der Waals surface area contributed by atoms with Crippen LogP contribution in [-0.4, -0.2) is 109 Å². The molecule has 2 aliphatic rings. The van der Waals surface area contributed by atoms with Crippen molar-refractivity contribution in [2.45, 2.75) is 25.2 Å². The van der Waals surface area contributed by atoms with E-state index in [1.54, 1.807) is 0 Å². The lowest BCUT2D eigenvalue weighted by Gasteiger charge is -2.33. The van der Waals surface area contributed by atoms with Gasteiger partial charge in [-0.25, -0.2) is 4.79 Å². The number of esters is 1. The van der Waals surface area contributed by atoms with Crippen LogP contribution < -0.4 is 0 Å². The van der Waals surface area contributed by atoms with Gasteiger partial charge >= 0.3 is 5.97 Å². The minimum atomic E-state index is -0.961. The number of carbonyl (C=O) groups excluding carboxylic acids is 1. The summed E-state index contributed by atoms with van der Waals surface area (Å²) in [4.78, 5) is 11.1. The van der Waals surface area contributed by atoms with E-state index < -0.39 is 17.5 Å². The van der Waals surface area contributed by atoms with E-state index in [1.807, 2.05) is 6.92 Å². The van der Waals surface area contributed by atoms with Crippen LogP contribution in [0.5, 0.6) is 0 Å². The Bertz CT molecular complexity index is 474. The Morgan fingerprint density at radius 3 is 2.13 bits per heavy atom. The summed E-state index contributed by atoms with van der Waals surface area (Å²) < 4.78 is 43.5. The van der Waals surface area contributed by atoms with Gasteiger partial charge in [0.15, 0.2) is 0 Å². The Morgan fingerprint density at radius 2 is 1.60 bits per heavy atom. The first-order valence-corrected chi connectivity index (χ1v) is 10.2. The van der Waals surface area contributed by atoms with E-state index in [1.165, 1.54) is 0 Å². The SMILES string of the molecule is C=CC(=O)OCC(O)COCC(COCOCC)(COCC1CO1)COCC1CO1. The molecule has 2 heterocycles. The zero-order chi connectivity index (χ0) is 21.7. The lowest BCUT2D eigenvalue weighted by Crippen LogP contribution is -2.43. The van der Waals surface area contributed by atoms with E-state index >= 15 is 0 Å². The highest BCUT2D eigenvalue weighted by Crippen LogP contribution is 2.23. The topological polar surface area (TPSA) is 118 Å². The van der Waals surface area contributed by atoms with Crippen molar-refractivity contribution in [1.82, 2.24) is 0 Å². The molecule has 0 amide bonds. The molecule has 2 aliphatic heterocycles. The van der Waals surface area contributed by atoms with Gasteiger partial charge in [-0.15, -0.1) is 0 Å². The summed E-state index contributed by atoms with van der Waals surface area (Å²) in [6, 6.07) is 0. The van der Waals surface area contributed by atoms with Crippen molar-refractivity contribution in [2.24, 2.45) is 5.41 Å². The number of rotatable bonds is 20. The third-order valence-corrected chi connectivity index (χ3v) is 4.31. The summed E-state index contributed by atoms with van der Waals surface area (Å²) in [7, 11) is 0. The Balaban J connectivity index is 1.84. The number of hydrogen-bond acceptors (Lipinski definition) is 10. The predicted molar refractivity (Wildman–Crippen MR) is 104 cm³/mol. The second kappa shape index (κ2) is 14.0. The largest absolute Gasteiger partial charge is 0.460 e. The molecule has 0 aromatic heterocycles. The van der Waals surface area contributed by atoms with Gasteiger partial charge in [-0.05, 0) is 6.92 Å². The summed E-state index contributed by atoms with van der Waals surface area (Å²) in [6.45, 7) is 9.22. The summed E-state index contributed by atoms with van der Waals surface area (Å²) in [5, 5.41) is 9.97. The molecule has 30 heavy (non-hydrogen) atoms. The van der Waals surface area contributed by atoms with E-state index in [0.717, 1.165) is 6.08 Å². The van der Waals surface area contributed by atoms with E-state index in [9.17, 15) is 9.90 Å². The first-order valence-electron chi connectivity index (χ1n) is 10.2. The number of ether oxygens (including phenoxy) is 8. The highest BCUT2D eigenvalue weighted by Gasteiger charge is 2.35. The van der Waals surface area contributed by atoms with E-state index in [4.69, 9.17) is 37.9 Å². The van der Waals surface area contributed by atoms with Crippen LogP contribution in [0.3, 0.4) is 0 Å². The van der Waals surface area contributed by atoms with Crippen LogP contribution in [0.2, 0.25) is 0 Å². The number of hydrogen-bond donors (Lipinski definition) is 1. The maximum absolute atomic E-state index is 11.1. The van der Waals surface area contributed by atoms with Gasteiger partial charge in [0.2, 0.25) is 0 Å². The molecule has 10 nitrogen and oxygen atoms in total. The molecule has 0 radical (unpaired) electrons. The number of aliphatic hydroxyl groups is 1. The van der Waals surface area contributed by atoms with Crippen molar-refractivity contribution in [2.75, 3.05) is 79.5 Å². The molecule has 10 heteroatoms. The van der Waals surface area contributed by atoms with Gasteiger partial charge in [0.25, 0.3) is 0 Å². The standard InChI is InChI=1S/C20H34O10/c1-3-19(22)30-6-16(21)5-24-11-20(14-27-15-23-4-2,12-25-7-17-9-28-17)13-26-8-18-10-29-18/h3,16-18,21H,1,4-15H2,2H3. The zero-order valence-corrected chi connectivity index (χ0v) is 17.6. The van der Waals surface area contributed by atoms with E-state index in [0.29, 0.717) is 46.2 Å². The minimum absolute atomic E-state index is 0.0187. The Morgan fingerprint density at radius 1 is 1.03 bits per heavy atom. The fourth-order valence-corrected chi connectivity index (χ4v) is 2.49. The number of epoxide rings is 2. The van der Waals surface area contributed by atoms with Crippen molar-refractivity contribution in [3.8, 4) is 0 Å². The van der Waals surface area contributed by atoms with Gasteiger partial charge in [-0.2, -0.15) is 0 Å². The molecule has 174 valence electrons. The van der Waals surface area contributed by atoms with Crippen molar-refractivity contribution in [3.63, 3.8) is 0 Å². The van der Waals surface area contributed by atoms with Gasteiger partial charge in [0.05, 0.1) is 64.9 Å². The maximum atomic E-state index is 11.1. The monoisotopic (exact) mass is 434 g/mol. The smallest absolute Gasteiger partial charge is 0.330 e. The molecular weight excluding hydrogens is 400 g/mol. The van der Waals surface area contributed by atoms with Crippen molar-refractivity contribution in [3.05, 3.63) is 12.7 Å². The Labute approximate surface area is 177 Å². The summed E-state index contributed by atoms with van der Waals surface area (Å²) in [5.74, 6) is -0.598. The average molecular weight is 434 g/mol. The fourth-order valence-electron chi connectivity index (χ4n) is 2.49. The molecule has 1 N–H and O–H groups in total. The highest BCUT2D eigenvalue weighted by molar-refractivity contribution is 5.81. The van der Waals surface area contributed by atoms with Crippen LogP contribution in [0.15, 0.2) is 12.7 Å². The van der Waals surface area contributed by atoms with Crippen LogP contribution in [-0.2, 0) is 42.7 Å². The molecule has 0 aromatic rings. The molecule has 2 fully saturated rings. The lowest BCUT2D eigenvalue weighted by atomic mass is 9.92. The van der Waals surface area contributed by atoms with Crippen LogP contribution in [0.1, 0.15) is 6.92 Å². The molecule has 0 spiro atoms. The normalized spacial score (nSPS) is 22.9. The third-order valence-electron chi connectivity index (χ3n) is 4.31. The van der Waals surface area contributed by atoms with Crippen LogP contribution in [0.25, 0.3) is 0 Å². The second-order valence-electron chi connectivity index (χ2n) is 7.40. The highest BCUT2D eigenvalue weighted by atomic mass is 16.7. The van der Waals surface area contributed by atoms with Crippen LogP contribution in [0.4, 0.5) is 0 Å². The quantitative estimate of drug-likeness (QED) is 0.0916. The number of aliphatic hydroxyl groups excluding tert-OH is 1. The number of carbonyl (C=O) groups is 1. The van der Waals surface area contributed by atoms with Crippen LogP contribution >= 0.6 is 0 Å². The predicted octanol–water partition coefficient (Wildman–Crippen LogP) is -0.0791. The van der Waals surface area contributed by atoms with E-state index in [-0.39, 0.29) is 45.4 Å². The van der Waals surface area contributed by atoms with Gasteiger partial charge in [0.1, 0.15) is 31.7 Å². The van der Waals surface area contributed by atoms with E-state index in [2.05, 4.69) is 6.58 Å². The van der Waals surface area contributed by atoms with Gasteiger partial charge in [-0.3, -0.25) is 0 Å². The fraction of sp³-hybridized carbons (Fsp3) is 0.850. The zero-order valence-electron chi connectivity index (χ0n) is 17.6. The first kappa shape index (κ1) is 25.2. The molecule has 0 aliphatic carbocycles. The molecule has 0 aromatic carbocycles. The summed E-state index contributed by atoms with van der Waals surface area (Å²) >= 11 is 0. The third kappa shape index (κ3) is 11.3. The van der Waals surface area contributed by atoms with Crippen molar-refractivity contribution < 1.29 is 47.8 Å². The van der Waals surface area contributed by atoms with Gasteiger partial charge in [0, 0.05) is 12.7 Å². The Kier molecular flexibility index (Phi) is 11.8. The molecule has 2 rings (SSSR count). The average Bonchev–Trinajstić information content (AvgIpc) is 3.65. The van der Waals surface area contributed by atoms with Crippen molar-refractivity contribution in [1.29, 1.82) is 0 Å². The van der Waals surface area contributed by atoms with Gasteiger partial charge in [-0.1, -0.05) is 6.58 Å². The Hall–Kier alpha value is -1.11. The second-order valence-corrected chi connectivity index (χ2v) is 7.40. The minimum Gasteiger partial charge on any atom is -0.460 e. The first-order chi connectivity index (χ1) is 14.6. The summed E-state index contributed by atoms with van der Waals surface area (Å²) in [6.07, 6.45) is 0.346. The summed E-state index contributed by atoms with van der Waals surface area (Å²) in [5.41, 5.74) is -0.613. The van der Waals surface area contributed by atoms with Gasteiger partial charge < -0.3 is 43.0 Å². The molecule has 0 saturated carbocycles. The van der Waals surface area contributed by atoms with Crippen LogP contribution in [0, 0.1) is 5.41 Å². The molecule has 0 bridgehead atoms. The molecular formula is C20H34O10. The maximum Gasteiger partial charge on any atom is 0.330 e. The molecule has 2 saturated heterocycles. The molecule has 3 unspecified atom stereocenters. The molecule has 3 atom stereocenters. The van der Waals surface area contributed by atoms with Crippen molar-refractivity contribution >= 4 is 5.97 Å².